The molecule has 0 saturated heterocycles. The summed E-state index contributed by atoms with van der Waals surface area (Å²) >= 11 is 0. The fraction of sp³-hybridized carbons (Fsp3) is 0.889. The van der Waals surface area contributed by atoms with E-state index in [0.717, 1.165) is 24.8 Å². The Hall–Kier alpha value is -0.0600. The Kier molecular flexibility index (Phi) is 12.0. The third-order valence-electron chi connectivity index (χ3n) is 1.78. The zero-order valence-corrected chi connectivity index (χ0v) is 10.2. The Morgan fingerprint density at radius 1 is 1.00 bits per heavy atom. The van der Waals surface area contributed by atoms with E-state index in [2.05, 4.69) is 9.78 Å². The molecule has 0 heterocycles. The normalized spacial score (nSPS) is 10.9. The molecule has 5 nitrogen and oxygen atoms in total. The molecule has 90 valence electrons. The summed E-state index contributed by atoms with van der Waals surface area (Å²) in [6, 6.07) is 0. The molecular weight excluding hydrogens is 219 g/mol. The van der Waals surface area contributed by atoms with Crippen molar-refractivity contribution in [3.63, 3.8) is 0 Å². The van der Waals surface area contributed by atoms with E-state index in [4.69, 9.17) is 9.78 Å². The molecule has 0 unspecified atom stereocenters. The van der Waals surface area contributed by atoms with E-state index in [9.17, 15) is 4.79 Å². The molecule has 0 atom stereocenters. The largest absolute Gasteiger partial charge is 0.303 e. The van der Waals surface area contributed by atoms with Gasteiger partial charge < -0.3 is 4.79 Å². The van der Waals surface area contributed by atoms with Crippen molar-refractivity contribution in [2.45, 2.75) is 6.42 Å². The summed E-state index contributed by atoms with van der Waals surface area (Å²) in [7, 11) is 2.74. The Morgan fingerprint density at radius 2 is 1.53 bits per heavy atom. The maximum Gasteiger partial charge on any atom is 0.120 e. The fourth-order valence-electron chi connectivity index (χ4n) is 1.07. The predicted molar refractivity (Wildman–Crippen MR) is 58.1 cm³/mol. The summed E-state index contributed by atoms with van der Waals surface area (Å²) in [5.74, 6) is 0. The van der Waals surface area contributed by atoms with E-state index in [1.807, 2.05) is 0 Å². The third kappa shape index (κ3) is 10.2. The molecule has 6 heteroatoms. The van der Waals surface area contributed by atoms with Crippen molar-refractivity contribution in [3.05, 3.63) is 0 Å². The first-order chi connectivity index (χ1) is 7.35. The summed E-state index contributed by atoms with van der Waals surface area (Å²) in [4.78, 5) is 28.9. The van der Waals surface area contributed by atoms with Gasteiger partial charge in [0, 0.05) is 6.42 Å². The Balaban J connectivity index is 3.57. The Morgan fingerprint density at radius 3 is 1.93 bits per heavy atom. The summed E-state index contributed by atoms with van der Waals surface area (Å²) in [5, 5.41) is 0. The lowest BCUT2D eigenvalue weighted by molar-refractivity contribution is -0.268. The van der Waals surface area contributed by atoms with Gasteiger partial charge in [-0.15, -0.1) is 7.92 Å². The van der Waals surface area contributed by atoms with Crippen LogP contribution in [0.25, 0.3) is 0 Å². The molecule has 0 aromatic rings. The van der Waals surface area contributed by atoms with Gasteiger partial charge in [-0.25, -0.2) is 19.6 Å². The molecule has 0 aromatic carbocycles. The third-order valence-corrected chi connectivity index (χ3v) is 4.30. The van der Waals surface area contributed by atoms with E-state index in [1.54, 1.807) is 0 Å². The van der Waals surface area contributed by atoms with E-state index in [1.165, 1.54) is 14.2 Å². The molecule has 0 aromatic heterocycles. The van der Waals surface area contributed by atoms with Gasteiger partial charge in [-0.3, -0.25) is 0 Å². The molecule has 0 aliphatic heterocycles. The highest BCUT2D eigenvalue weighted by Crippen LogP contribution is 2.35. The van der Waals surface area contributed by atoms with Crippen molar-refractivity contribution in [2.75, 3.05) is 45.9 Å². The Labute approximate surface area is 91.6 Å². The number of carbonyl (C=O) groups excluding carboxylic acids is 1. The van der Waals surface area contributed by atoms with E-state index >= 15 is 0 Å². The van der Waals surface area contributed by atoms with Gasteiger partial charge in [0.05, 0.1) is 27.4 Å². The summed E-state index contributed by atoms with van der Waals surface area (Å²) in [6.45, 7) is 1.13. The molecule has 0 spiro atoms. The maximum atomic E-state index is 10.3. The molecule has 0 bridgehead atoms. The van der Waals surface area contributed by atoms with Gasteiger partial charge in [0.1, 0.15) is 6.29 Å². The maximum absolute atomic E-state index is 10.3. The zero-order chi connectivity index (χ0) is 11.4. The molecule has 0 aliphatic rings. The number of carbonyl (C=O) groups is 1. The molecule has 0 saturated carbocycles. The number of aldehydes is 1. The summed E-state index contributed by atoms with van der Waals surface area (Å²) < 4.78 is 0. The van der Waals surface area contributed by atoms with Crippen LogP contribution in [0.5, 0.6) is 0 Å². The van der Waals surface area contributed by atoms with Crippen LogP contribution >= 0.6 is 7.92 Å². The van der Waals surface area contributed by atoms with Gasteiger partial charge in [0.15, 0.2) is 0 Å². The monoisotopic (exact) mass is 238 g/mol. The minimum absolute atomic E-state index is 0.231. The molecule has 0 radical (unpaired) electrons. The van der Waals surface area contributed by atoms with Crippen molar-refractivity contribution in [2.24, 2.45) is 0 Å². The molecule has 15 heavy (non-hydrogen) atoms. The second kappa shape index (κ2) is 12.0. The van der Waals surface area contributed by atoms with Crippen LogP contribution in [-0.4, -0.2) is 52.2 Å². The number of hydrogen-bond acceptors (Lipinski definition) is 5. The molecule has 0 amide bonds. The van der Waals surface area contributed by atoms with Gasteiger partial charge in [0.2, 0.25) is 0 Å². The zero-order valence-electron chi connectivity index (χ0n) is 9.31. The van der Waals surface area contributed by atoms with Crippen LogP contribution < -0.4 is 0 Å². The number of rotatable bonds is 11. The topological polar surface area (TPSA) is 54.0 Å². The highest BCUT2D eigenvalue weighted by molar-refractivity contribution is 7.57. The quantitative estimate of drug-likeness (QED) is 0.178. The van der Waals surface area contributed by atoms with E-state index in [0.29, 0.717) is 19.6 Å². The first-order valence-electron chi connectivity index (χ1n) is 4.82. The molecule has 0 fully saturated rings. The van der Waals surface area contributed by atoms with Crippen LogP contribution in [-0.2, 0) is 24.3 Å². The van der Waals surface area contributed by atoms with Gasteiger partial charge in [-0.2, -0.15) is 0 Å². The second-order valence-electron chi connectivity index (χ2n) is 2.77. The number of hydrogen-bond donors (Lipinski definition) is 0. The second-order valence-corrected chi connectivity index (χ2v) is 5.46. The van der Waals surface area contributed by atoms with Crippen molar-refractivity contribution in [1.29, 1.82) is 0 Å². The van der Waals surface area contributed by atoms with Crippen LogP contribution in [0, 0.1) is 0 Å². The predicted octanol–water partition coefficient (Wildman–Crippen LogP) is 1.21. The van der Waals surface area contributed by atoms with Gasteiger partial charge >= 0.3 is 0 Å². The highest BCUT2D eigenvalue weighted by atomic mass is 31.1. The average molecular weight is 238 g/mol. The summed E-state index contributed by atoms with van der Waals surface area (Å²) in [5.41, 5.74) is 0. The first-order valence-corrected chi connectivity index (χ1v) is 6.72. The van der Waals surface area contributed by atoms with Crippen LogP contribution in [0.4, 0.5) is 0 Å². The summed E-state index contributed by atoms with van der Waals surface area (Å²) in [6.07, 6.45) is 4.31. The van der Waals surface area contributed by atoms with Crippen molar-refractivity contribution in [1.82, 2.24) is 0 Å². The van der Waals surface area contributed by atoms with Crippen LogP contribution in [0.15, 0.2) is 0 Å². The van der Waals surface area contributed by atoms with Gasteiger partial charge in [-0.1, -0.05) is 0 Å². The molecule has 0 aliphatic carbocycles. The van der Waals surface area contributed by atoms with Crippen molar-refractivity contribution in [3.8, 4) is 0 Å². The molecule has 0 rings (SSSR count). The van der Waals surface area contributed by atoms with Crippen LogP contribution in [0.3, 0.4) is 0 Å². The standard InChI is InChI=1S/C9H19O5P/c1-11-13-5-8-15(7-3-4-10)9-6-14-12-2/h4H,3,5-9H2,1-2H3. The lowest BCUT2D eigenvalue weighted by Gasteiger charge is -2.15. The van der Waals surface area contributed by atoms with Crippen molar-refractivity contribution < 1.29 is 24.3 Å². The minimum Gasteiger partial charge on any atom is -0.303 e. The van der Waals surface area contributed by atoms with Gasteiger partial charge in [-0.05, 0) is 18.5 Å². The van der Waals surface area contributed by atoms with Crippen molar-refractivity contribution >= 4 is 14.2 Å². The van der Waals surface area contributed by atoms with Crippen LogP contribution in [0.1, 0.15) is 6.42 Å². The molecular formula is C9H19O5P. The molecule has 0 N–H and O–H groups in total. The lowest BCUT2D eigenvalue weighted by atomic mass is 10.6. The SMILES string of the molecule is COOCCP(CCC=O)CCOOC. The smallest absolute Gasteiger partial charge is 0.120 e. The Bertz CT molecular complexity index is 134. The van der Waals surface area contributed by atoms with E-state index < -0.39 is 0 Å². The average Bonchev–Trinajstić information content (AvgIpc) is 2.25. The van der Waals surface area contributed by atoms with E-state index in [-0.39, 0.29) is 7.92 Å². The fourth-order valence-corrected chi connectivity index (χ4v) is 2.88. The van der Waals surface area contributed by atoms with Crippen LogP contribution in [0.2, 0.25) is 0 Å². The lowest BCUT2D eigenvalue weighted by Crippen LogP contribution is -2.06. The highest BCUT2D eigenvalue weighted by Gasteiger charge is 2.08. The van der Waals surface area contributed by atoms with Gasteiger partial charge in [0.25, 0.3) is 0 Å². The minimum atomic E-state index is -0.231. The first kappa shape index (κ1) is 14.9.